The second-order valence-electron chi connectivity index (χ2n) is 10.7. The molecule has 37 heavy (non-hydrogen) atoms. The summed E-state index contributed by atoms with van der Waals surface area (Å²) < 4.78 is 25.4. The number of likely N-dealkylation sites (tertiary alicyclic amines) is 1. The van der Waals surface area contributed by atoms with Gasteiger partial charge in [-0.25, -0.2) is 9.18 Å². The van der Waals surface area contributed by atoms with E-state index in [0.717, 1.165) is 66.4 Å². The molecule has 5 rings (SSSR count). The summed E-state index contributed by atoms with van der Waals surface area (Å²) >= 11 is 0. The van der Waals surface area contributed by atoms with Crippen molar-refractivity contribution in [1.29, 1.82) is 0 Å². The topological polar surface area (TPSA) is 45.3 Å². The number of benzene rings is 2. The summed E-state index contributed by atoms with van der Waals surface area (Å²) in [5.41, 5.74) is 5.53. The summed E-state index contributed by atoms with van der Waals surface area (Å²) in [6, 6.07) is 7.96. The van der Waals surface area contributed by atoms with Gasteiger partial charge >= 0.3 is 6.03 Å². The molecule has 6 nitrogen and oxygen atoms in total. The van der Waals surface area contributed by atoms with E-state index in [1.807, 2.05) is 43.0 Å². The smallest absolute Gasteiger partial charge is 0.325 e. The van der Waals surface area contributed by atoms with Gasteiger partial charge in [0.05, 0.1) is 26.3 Å². The van der Waals surface area contributed by atoms with Gasteiger partial charge in [-0.2, -0.15) is 0 Å². The number of allylic oxidation sites excluding steroid dienone is 1. The second kappa shape index (κ2) is 9.67. The number of aryl methyl sites for hydroxylation is 2. The van der Waals surface area contributed by atoms with Crippen molar-refractivity contribution in [1.82, 2.24) is 14.7 Å². The van der Waals surface area contributed by atoms with Gasteiger partial charge in [-0.3, -0.25) is 9.80 Å². The highest BCUT2D eigenvalue weighted by molar-refractivity contribution is 5.83. The third-order valence-corrected chi connectivity index (χ3v) is 8.50. The molecule has 1 unspecified atom stereocenters. The van der Waals surface area contributed by atoms with Crippen LogP contribution in [0.3, 0.4) is 0 Å². The maximum Gasteiger partial charge on any atom is 0.325 e. The molecule has 0 N–H and O–H groups in total. The summed E-state index contributed by atoms with van der Waals surface area (Å²) in [6.07, 6.45) is 4.03. The van der Waals surface area contributed by atoms with E-state index < -0.39 is 0 Å². The number of likely N-dealkylation sites (N-methyl/N-ethyl adjacent to an activating group) is 1. The van der Waals surface area contributed by atoms with E-state index in [-0.39, 0.29) is 23.3 Å². The highest BCUT2D eigenvalue weighted by Crippen LogP contribution is 2.49. The maximum absolute atomic E-state index is 14.1. The molecular weight excluding hydrogens is 469 g/mol. The van der Waals surface area contributed by atoms with Crippen molar-refractivity contribution in [3.8, 4) is 11.5 Å². The number of fused-ring (bicyclic) bond motifs is 3. The minimum absolute atomic E-state index is 0.0776. The van der Waals surface area contributed by atoms with Crippen molar-refractivity contribution >= 4 is 6.03 Å². The molecule has 2 saturated heterocycles. The second-order valence-corrected chi connectivity index (χ2v) is 10.7. The Bertz CT molecular complexity index is 1230. The van der Waals surface area contributed by atoms with Crippen LogP contribution in [0.15, 0.2) is 36.0 Å². The van der Waals surface area contributed by atoms with Crippen LogP contribution in [0.25, 0.3) is 0 Å². The first-order chi connectivity index (χ1) is 17.7. The molecule has 2 aromatic rings. The molecule has 0 radical (unpaired) electrons. The number of piperidine rings is 1. The number of amides is 2. The minimum atomic E-state index is -0.315. The van der Waals surface area contributed by atoms with E-state index in [9.17, 15) is 9.18 Å². The molecule has 0 bridgehead atoms. The van der Waals surface area contributed by atoms with E-state index >= 15 is 0 Å². The Hall–Kier alpha value is -3.06. The summed E-state index contributed by atoms with van der Waals surface area (Å²) in [5.74, 6) is 1.52. The van der Waals surface area contributed by atoms with Crippen molar-refractivity contribution in [2.24, 2.45) is 0 Å². The molecule has 0 aliphatic carbocycles. The van der Waals surface area contributed by atoms with Crippen molar-refractivity contribution in [3.05, 3.63) is 69.7 Å². The van der Waals surface area contributed by atoms with Crippen LogP contribution >= 0.6 is 0 Å². The number of hydrogen-bond donors (Lipinski definition) is 0. The third kappa shape index (κ3) is 4.17. The predicted molar refractivity (Wildman–Crippen MR) is 142 cm³/mol. The highest BCUT2D eigenvalue weighted by Gasteiger charge is 2.54. The van der Waals surface area contributed by atoms with E-state index in [4.69, 9.17) is 9.47 Å². The van der Waals surface area contributed by atoms with Crippen LogP contribution in [0.1, 0.15) is 60.4 Å². The van der Waals surface area contributed by atoms with E-state index in [1.54, 1.807) is 14.2 Å². The molecule has 0 aromatic heterocycles. The van der Waals surface area contributed by atoms with Crippen LogP contribution in [-0.4, -0.2) is 60.1 Å². The molecule has 2 fully saturated rings. The lowest BCUT2D eigenvalue weighted by molar-refractivity contribution is 0.0887. The average molecular weight is 508 g/mol. The van der Waals surface area contributed by atoms with Gasteiger partial charge in [-0.15, -0.1) is 0 Å². The number of hydrogen-bond acceptors (Lipinski definition) is 4. The van der Waals surface area contributed by atoms with Crippen LogP contribution in [0.4, 0.5) is 9.18 Å². The largest absolute Gasteiger partial charge is 0.497 e. The lowest BCUT2D eigenvalue weighted by Crippen LogP contribution is -2.53. The van der Waals surface area contributed by atoms with Crippen molar-refractivity contribution in [2.45, 2.75) is 65.1 Å². The standard InChI is InChI=1S/C30H38FN3O3/c1-7-34-29(35)33-18-23-15-24(36-5)16-25(37-6)27(23)19(2)14-26(33)30(34)8-10-32(11-9-30)17-22-12-20(3)28(31)21(4)13-22/h12-16,19H,7-11,17-18H2,1-6H3. The van der Waals surface area contributed by atoms with Crippen LogP contribution < -0.4 is 9.47 Å². The summed E-state index contributed by atoms with van der Waals surface area (Å²) in [7, 11) is 3.34. The van der Waals surface area contributed by atoms with E-state index in [1.165, 1.54) is 0 Å². The van der Waals surface area contributed by atoms with Crippen molar-refractivity contribution in [3.63, 3.8) is 0 Å². The molecule has 198 valence electrons. The zero-order valence-electron chi connectivity index (χ0n) is 22.9. The Balaban J connectivity index is 1.45. The fourth-order valence-electron chi connectivity index (χ4n) is 6.73. The number of ether oxygens (including phenoxy) is 2. The number of carbonyl (C=O) groups is 1. The normalized spacial score (nSPS) is 21.0. The Morgan fingerprint density at radius 2 is 1.73 bits per heavy atom. The van der Waals surface area contributed by atoms with E-state index in [0.29, 0.717) is 24.2 Å². The maximum atomic E-state index is 14.1. The molecule has 3 aliphatic heterocycles. The first-order valence-electron chi connectivity index (χ1n) is 13.3. The molecule has 2 aromatic carbocycles. The predicted octanol–water partition coefficient (Wildman–Crippen LogP) is 5.75. The number of carbonyl (C=O) groups excluding carboxylic acids is 1. The number of halogens is 1. The van der Waals surface area contributed by atoms with Gasteiger partial charge in [0, 0.05) is 49.4 Å². The van der Waals surface area contributed by atoms with Crippen LogP contribution in [0, 0.1) is 19.7 Å². The lowest BCUT2D eigenvalue weighted by Gasteiger charge is -2.44. The van der Waals surface area contributed by atoms with Gasteiger partial charge in [-0.05, 0) is 61.9 Å². The number of nitrogens with zero attached hydrogens (tertiary/aromatic N) is 3. The third-order valence-electron chi connectivity index (χ3n) is 8.50. The summed E-state index contributed by atoms with van der Waals surface area (Å²) in [6.45, 7) is 11.7. The Labute approximate surface area is 219 Å². The molecule has 0 saturated carbocycles. The SMILES string of the molecule is CCN1C(=O)N2Cc3cc(OC)cc(OC)c3C(C)C=C2C12CCN(Cc1cc(C)c(F)c(C)c1)CC2. The van der Waals surface area contributed by atoms with Crippen LogP contribution in [-0.2, 0) is 13.1 Å². The average Bonchev–Trinajstić information content (AvgIpc) is 2.99. The van der Waals surface area contributed by atoms with Crippen molar-refractivity contribution < 1.29 is 18.7 Å². The van der Waals surface area contributed by atoms with Crippen LogP contribution in [0.5, 0.6) is 11.5 Å². The number of methoxy groups -OCH3 is 2. The van der Waals surface area contributed by atoms with Gasteiger partial charge in [0.15, 0.2) is 0 Å². The molecule has 7 heteroatoms. The zero-order chi connectivity index (χ0) is 26.5. The Kier molecular flexibility index (Phi) is 6.69. The highest BCUT2D eigenvalue weighted by atomic mass is 19.1. The molecule has 2 amide bonds. The monoisotopic (exact) mass is 507 g/mol. The van der Waals surface area contributed by atoms with Gasteiger partial charge in [-0.1, -0.05) is 25.1 Å². The molecular formula is C30H38FN3O3. The first-order valence-corrected chi connectivity index (χ1v) is 13.3. The molecule has 3 aliphatic rings. The fraction of sp³-hybridized carbons (Fsp3) is 0.500. The zero-order valence-corrected chi connectivity index (χ0v) is 22.9. The fourth-order valence-corrected chi connectivity index (χ4v) is 6.73. The quantitative estimate of drug-likeness (QED) is 0.517. The van der Waals surface area contributed by atoms with Gasteiger partial charge < -0.3 is 14.4 Å². The number of rotatable bonds is 5. The molecule has 1 atom stereocenters. The Morgan fingerprint density at radius 3 is 2.32 bits per heavy atom. The van der Waals surface area contributed by atoms with Gasteiger partial charge in [0.1, 0.15) is 17.3 Å². The van der Waals surface area contributed by atoms with E-state index in [2.05, 4.69) is 29.7 Å². The van der Waals surface area contributed by atoms with Gasteiger partial charge in [0.2, 0.25) is 0 Å². The van der Waals surface area contributed by atoms with Gasteiger partial charge in [0.25, 0.3) is 0 Å². The van der Waals surface area contributed by atoms with Crippen molar-refractivity contribution in [2.75, 3.05) is 33.9 Å². The lowest BCUT2D eigenvalue weighted by atomic mass is 9.82. The summed E-state index contributed by atoms with van der Waals surface area (Å²) in [4.78, 5) is 20.3. The molecule has 1 spiro atoms. The molecule has 3 heterocycles. The van der Waals surface area contributed by atoms with Crippen LogP contribution in [0.2, 0.25) is 0 Å². The summed E-state index contributed by atoms with van der Waals surface area (Å²) in [5, 5.41) is 0. The first kappa shape index (κ1) is 25.6. The minimum Gasteiger partial charge on any atom is -0.497 e. The Morgan fingerprint density at radius 1 is 1.05 bits per heavy atom. The number of urea groups is 1.